The van der Waals surface area contributed by atoms with Gasteiger partial charge in [0.2, 0.25) is 5.91 Å². The molecule has 0 radical (unpaired) electrons. The van der Waals surface area contributed by atoms with Gasteiger partial charge in [0.05, 0.1) is 18.7 Å². The largest absolute Gasteiger partial charge is 0.432 e. The molecule has 1 spiro atoms. The summed E-state index contributed by atoms with van der Waals surface area (Å²) in [7, 11) is 1.37. The molecule has 2 aromatic carbocycles. The van der Waals surface area contributed by atoms with Crippen molar-refractivity contribution in [1.29, 1.82) is 0 Å². The summed E-state index contributed by atoms with van der Waals surface area (Å²) in [6.45, 7) is -4.47. The lowest BCUT2D eigenvalue weighted by molar-refractivity contribution is -0.161. The van der Waals surface area contributed by atoms with Crippen molar-refractivity contribution in [3.8, 4) is 5.75 Å². The number of hydrogen-bond acceptors (Lipinski definition) is 4. The molecule has 0 saturated carbocycles. The zero-order chi connectivity index (χ0) is 27.1. The Morgan fingerprint density at radius 2 is 1.76 bits per heavy atom. The number of piperazine rings is 1. The molecular formula is C23H20F6N4O4. The number of nitrogens with one attached hydrogen (secondary N) is 1. The van der Waals surface area contributed by atoms with Gasteiger partial charge in [0.1, 0.15) is 6.54 Å². The number of anilines is 1. The Kier molecular flexibility index (Phi) is 6.69. The molecule has 2 aromatic rings. The minimum Gasteiger partial charge on any atom is -0.432 e. The third-order valence-corrected chi connectivity index (χ3v) is 6.23. The van der Waals surface area contributed by atoms with Crippen molar-refractivity contribution in [2.45, 2.75) is 24.9 Å². The van der Waals surface area contributed by atoms with E-state index in [0.29, 0.717) is 5.56 Å². The normalized spacial score (nSPS) is 17.4. The molecule has 0 aromatic heterocycles. The van der Waals surface area contributed by atoms with E-state index in [1.165, 1.54) is 29.0 Å². The summed E-state index contributed by atoms with van der Waals surface area (Å²) >= 11 is 0. The summed E-state index contributed by atoms with van der Waals surface area (Å²) in [5, 5.41) is 2.40. The Morgan fingerprint density at radius 1 is 1.11 bits per heavy atom. The lowest BCUT2D eigenvalue weighted by Crippen LogP contribution is -2.81. The number of likely N-dealkylation sites (tertiary alicyclic amines) is 1. The smallest absolute Gasteiger partial charge is 0.416 e. The molecule has 0 aliphatic carbocycles. The Bertz CT molecular complexity index is 1210. The van der Waals surface area contributed by atoms with Gasteiger partial charge < -0.3 is 24.8 Å². The molecule has 2 fully saturated rings. The molecule has 4 rings (SSSR count). The zero-order valence-corrected chi connectivity index (χ0v) is 19.2. The highest BCUT2D eigenvalue weighted by Gasteiger charge is 2.60. The first kappa shape index (κ1) is 26.1. The predicted octanol–water partition coefficient (Wildman–Crippen LogP) is 3.22. The maximum Gasteiger partial charge on any atom is 0.416 e. The fourth-order valence-electron chi connectivity index (χ4n) is 4.37. The van der Waals surface area contributed by atoms with Gasteiger partial charge in [0.25, 0.3) is 5.91 Å². The van der Waals surface area contributed by atoms with Crippen LogP contribution in [0.1, 0.15) is 11.1 Å². The highest BCUT2D eigenvalue weighted by atomic mass is 19.4. The molecule has 0 atom stereocenters. The molecule has 2 heterocycles. The van der Waals surface area contributed by atoms with E-state index in [-0.39, 0.29) is 25.3 Å². The van der Waals surface area contributed by atoms with Gasteiger partial charge in [-0.2, -0.15) is 22.0 Å². The van der Waals surface area contributed by atoms with Crippen LogP contribution < -0.4 is 15.0 Å². The number of nitrogens with zero attached hydrogens (tertiary/aromatic N) is 3. The Labute approximate surface area is 206 Å². The number of halogens is 6. The summed E-state index contributed by atoms with van der Waals surface area (Å²) in [5.74, 6) is -3.20. The van der Waals surface area contributed by atoms with Gasteiger partial charge in [-0.15, -0.1) is 0 Å². The van der Waals surface area contributed by atoms with Crippen molar-refractivity contribution < 1.29 is 45.5 Å². The number of ether oxygens (including phenoxy) is 1. The van der Waals surface area contributed by atoms with Crippen LogP contribution in [0, 0.1) is 5.82 Å². The SMILES string of the molecule is CNC(=O)N1CC2(C1)C(=O)N(c1ccc(OC(F)F)c(F)c1)CC(=O)N2Cc1ccc(C(F)(F)F)cc1. The van der Waals surface area contributed by atoms with Crippen LogP contribution in [0.3, 0.4) is 0 Å². The molecule has 0 bridgehead atoms. The summed E-state index contributed by atoms with van der Waals surface area (Å²) in [6.07, 6.45) is -4.55. The van der Waals surface area contributed by atoms with Gasteiger partial charge in [-0.05, 0) is 29.8 Å². The number of carbonyl (C=O) groups is 3. The number of amides is 4. The van der Waals surface area contributed by atoms with Crippen LogP contribution in [0.4, 0.5) is 36.8 Å². The standard InChI is InChI=1S/C23H20F6N4O4/c1-30-21(36)31-11-22(12-31)19(35)32(15-6-7-17(16(24)8-15)37-20(25)26)10-18(34)33(22)9-13-2-4-14(5-3-13)23(27,28)29/h2-8,20H,9-12H2,1H3,(H,30,36). The van der Waals surface area contributed by atoms with Gasteiger partial charge in [0.15, 0.2) is 17.1 Å². The number of urea groups is 1. The average Bonchev–Trinajstić information content (AvgIpc) is 2.80. The van der Waals surface area contributed by atoms with E-state index in [0.717, 1.165) is 35.2 Å². The molecule has 198 valence electrons. The summed E-state index contributed by atoms with van der Waals surface area (Å²) in [5.41, 5.74) is -2.22. The molecule has 2 aliphatic heterocycles. The Hall–Kier alpha value is -3.97. The molecule has 37 heavy (non-hydrogen) atoms. The van der Waals surface area contributed by atoms with Crippen LogP contribution in [0.15, 0.2) is 42.5 Å². The molecule has 2 saturated heterocycles. The van der Waals surface area contributed by atoms with Crippen molar-refractivity contribution >= 4 is 23.5 Å². The first-order chi connectivity index (χ1) is 17.4. The highest BCUT2D eigenvalue weighted by Crippen LogP contribution is 2.38. The van der Waals surface area contributed by atoms with Gasteiger partial charge in [0, 0.05) is 25.3 Å². The molecule has 1 N–H and O–H groups in total. The van der Waals surface area contributed by atoms with Crippen LogP contribution in [-0.2, 0) is 22.3 Å². The number of rotatable bonds is 5. The first-order valence-corrected chi connectivity index (χ1v) is 10.9. The van der Waals surface area contributed by atoms with Crippen LogP contribution in [0.5, 0.6) is 5.75 Å². The van der Waals surface area contributed by atoms with Crippen molar-refractivity contribution in [1.82, 2.24) is 15.1 Å². The molecule has 4 amide bonds. The van der Waals surface area contributed by atoms with Gasteiger partial charge in [-0.25, -0.2) is 9.18 Å². The lowest BCUT2D eigenvalue weighted by atomic mass is 9.83. The molecule has 14 heteroatoms. The van der Waals surface area contributed by atoms with Crippen molar-refractivity contribution in [3.05, 3.63) is 59.4 Å². The second-order valence-electron chi connectivity index (χ2n) is 8.50. The van der Waals surface area contributed by atoms with Crippen molar-refractivity contribution in [3.63, 3.8) is 0 Å². The average molecular weight is 530 g/mol. The maximum atomic E-state index is 14.3. The van der Waals surface area contributed by atoms with Crippen LogP contribution in [0.2, 0.25) is 0 Å². The summed E-state index contributed by atoms with van der Waals surface area (Å²) < 4.78 is 82.1. The zero-order valence-electron chi connectivity index (χ0n) is 19.2. The van der Waals surface area contributed by atoms with E-state index in [1.807, 2.05) is 0 Å². The molecular weight excluding hydrogens is 510 g/mol. The van der Waals surface area contributed by atoms with E-state index < -0.39 is 59.8 Å². The summed E-state index contributed by atoms with van der Waals surface area (Å²) in [4.78, 5) is 42.4. The van der Waals surface area contributed by atoms with E-state index in [4.69, 9.17) is 0 Å². The van der Waals surface area contributed by atoms with E-state index in [9.17, 15) is 40.7 Å². The quantitative estimate of drug-likeness (QED) is 0.603. The predicted molar refractivity (Wildman–Crippen MR) is 116 cm³/mol. The molecule has 0 unspecified atom stereocenters. The van der Waals surface area contributed by atoms with Crippen molar-refractivity contribution in [2.24, 2.45) is 0 Å². The Balaban J connectivity index is 1.64. The molecule has 2 aliphatic rings. The van der Waals surface area contributed by atoms with Gasteiger partial charge >= 0.3 is 18.8 Å². The van der Waals surface area contributed by atoms with Gasteiger partial charge in [-0.1, -0.05) is 12.1 Å². The van der Waals surface area contributed by atoms with Gasteiger partial charge in [-0.3, -0.25) is 9.59 Å². The van der Waals surface area contributed by atoms with Crippen LogP contribution in [-0.4, -0.2) is 66.5 Å². The monoisotopic (exact) mass is 530 g/mol. The van der Waals surface area contributed by atoms with Crippen LogP contribution >= 0.6 is 0 Å². The number of alkyl halides is 5. The third-order valence-electron chi connectivity index (χ3n) is 6.23. The van der Waals surface area contributed by atoms with E-state index >= 15 is 0 Å². The summed E-state index contributed by atoms with van der Waals surface area (Å²) in [6, 6.07) is 6.38. The van der Waals surface area contributed by atoms with Crippen LogP contribution in [0.25, 0.3) is 0 Å². The van der Waals surface area contributed by atoms with Crippen molar-refractivity contribution in [2.75, 3.05) is 31.6 Å². The fourth-order valence-corrected chi connectivity index (χ4v) is 4.37. The number of hydrogen-bond donors (Lipinski definition) is 1. The first-order valence-electron chi connectivity index (χ1n) is 10.9. The van der Waals surface area contributed by atoms with E-state index in [2.05, 4.69) is 10.1 Å². The van der Waals surface area contributed by atoms with E-state index in [1.54, 1.807) is 0 Å². The maximum absolute atomic E-state index is 14.3. The minimum absolute atomic E-state index is 0.0931. The number of benzene rings is 2. The minimum atomic E-state index is -4.55. The third kappa shape index (κ3) is 4.87. The topological polar surface area (TPSA) is 82.2 Å². The second-order valence-corrected chi connectivity index (χ2v) is 8.50. The lowest BCUT2D eigenvalue weighted by Gasteiger charge is -2.57. The Morgan fingerprint density at radius 3 is 2.30 bits per heavy atom. The number of carbonyl (C=O) groups excluding carboxylic acids is 3. The fraction of sp³-hybridized carbons (Fsp3) is 0.348. The highest BCUT2D eigenvalue weighted by molar-refractivity contribution is 6.10. The second kappa shape index (κ2) is 9.48. The molecule has 8 nitrogen and oxygen atoms in total.